The lowest BCUT2D eigenvalue weighted by molar-refractivity contribution is -0.118. The second kappa shape index (κ2) is 4.44. The SMILES string of the molecule is CC(C)NC(=O)OC1CC2CC(=O)CC2C1. The van der Waals surface area contributed by atoms with Crippen LogP contribution in [0.5, 0.6) is 0 Å². The molecule has 0 aromatic rings. The highest BCUT2D eigenvalue weighted by Gasteiger charge is 2.42. The van der Waals surface area contributed by atoms with Crippen LogP contribution in [0, 0.1) is 11.8 Å². The van der Waals surface area contributed by atoms with Gasteiger partial charge in [0, 0.05) is 18.9 Å². The van der Waals surface area contributed by atoms with Gasteiger partial charge in [0.1, 0.15) is 11.9 Å². The van der Waals surface area contributed by atoms with Crippen molar-refractivity contribution in [2.75, 3.05) is 0 Å². The number of fused-ring (bicyclic) bond motifs is 1. The first kappa shape index (κ1) is 11.4. The summed E-state index contributed by atoms with van der Waals surface area (Å²) in [7, 11) is 0. The molecular formula is C12H19NO3. The van der Waals surface area contributed by atoms with Gasteiger partial charge in [0.2, 0.25) is 0 Å². The third kappa shape index (κ3) is 2.54. The Morgan fingerprint density at radius 2 is 1.88 bits per heavy atom. The molecule has 4 heteroatoms. The highest BCUT2D eigenvalue weighted by molar-refractivity contribution is 5.81. The minimum atomic E-state index is -0.328. The zero-order chi connectivity index (χ0) is 11.7. The van der Waals surface area contributed by atoms with E-state index >= 15 is 0 Å². The van der Waals surface area contributed by atoms with E-state index < -0.39 is 0 Å². The third-order valence-corrected chi connectivity index (χ3v) is 3.46. The van der Waals surface area contributed by atoms with Crippen LogP contribution in [0.25, 0.3) is 0 Å². The van der Waals surface area contributed by atoms with Gasteiger partial charge in [-0.15, -0.1) is 0 Å². The van der Waals surface area contributed by atoms with Gasteiger partial charge in [0.25, 0.3) is 0 Å². The predicted octanol–water partition coefficient (Wildman–Crippen LogP) is 1.88. The second-order valence-corrected chi connectivity index (χ2v) is 5.26. The topological polar surface area (TPSA) is 55.4 Å². The lowest BCUT2D eigenvalue weighted by Gasteiger charge is -2.15. The van der Waals surface area contributed by atoms with Crippen LogP contribution in [0.4, 0.5) is 4.79 Å². The number of ketones is 1. The summed E-state index contributed by atoms with van der Waals surface area (Å²) in [4.78, 5) is 22.6. The number of hydrogen-bond donors (Lipinski definition) is 1. The summed E-state index contributed by atoms with van der Waals surface area (Å²) in [6.07, 6.45) is 2.80. The minimum absolute atomic E-state index is 0.0156. The number of alkyl carbamates (subject to hydrolysis) is 1. The summed E-state index contributed by atoms with van der Waals surface area (Å²) in [5.74, 6) is 1.30. The number of hydrogen-bond acceptors (Lipinski definition) is 3. The van der Waals surface area contributed by atoms with Crippen molar-refractivity contribution in [3.63, 3.8) is 0 Å². The molecule has 0 saturated heterocycles. The van der Waals surface area contributed by atoms with Crippen molar-refractivity contribution < 1.29 is 14.3 Å². The smallest absolute Gasteiger partial charge is 0.407 e. The Labute approximate surface area is 95.7 Å². The van der Waals surface area contributed by atoms with Crippen LogP contribution in [0.15, 0.2) is 0 Å². The maximum Gasteiger partial charge on any atom is 0.407 e. The quantitative estimate of drug-likeness (QED) is 0.780. The Bertz CT molecular complexity index is 285. The molecule has 2 saturated carbocycles. The standard InChI is InChI=1S/C12H19NO3/c1-7(2)13-12(15)16-11-5-8-3-10(14)4-9(8)6-11/h7-9,11H,3-6H2,1-2H3,(H,13,15). The molecule has 4 nitrogen and oxygen atoms in total. The van der Waals surface area contributed by atoms with Gasteiger partial charge in [-0.2, -0.15) is 0 Å². The molecule has 2 rings (SSSR count). The van der Waals surface area contributed by atoms with E-state index in [1.54, 1.807) is 0 Å². The Hall–Kier alpha value is -1.06. The Balaban J connectivity index is 1.78. The zero-order valence-corrected chi connectivity index (χ0v) is 9.86. The van der Waals surface area contributed by atoms with E-state index in [0.717, 1.165) is 12.8 Å². The summed E-state index contributed by atoms with van der Waals surface area (Å²) in [6.45, 7) is 3.81. The molecule has 0 aliphatic heterocycles. The highest BCUT2D eigenvalue weighted by atomic mass is 16.6. The summed E-state index contributed by atoms with van der Waals surface area (Å²) in [5, 5.41) is 2.72. The van der Waals surface area contributed by atoms with Crippen LogP contribution in [-0.4, -0.2) is 24.0 Å². The van der Waals surface area contributed by atoms with E-state index in [1.807, 2.05) is 13.8 Å². The molecule has 90 valence electrons. The Morgan fingerprint density at radius 3 is 2.38 bits per heavy atom. The maximum atomic E-state index is 11.4. The van der Waals surface area contributed by atoms with E-state index in [0.29, 0.717) is 30.5 Å². The van der Waals surface area contributed by atoms with E-state index in [-0.39, 0.29) is 18.2 Å². The normalized spacial score (nSPS) is 32.9. The average Bonchev–Trinajstić information content (AvgIpc) is 2.58. The molecule has 2 atom stereocenters. The van der Waals surface area contributed by atoms with Gasteiger partial charge in [-0.05, 0) is 38.5 Å². The summed E-state index contributed by atoms with van der Waals surface area (Å²) in [5.41, 5.74) is 0. The van der Waals surface area contributed by atoms with Gasteiger partial charge >= 0.3 is 6.09 Å². The van der Waals surface area contributed by atoms with E-state index in [9.17, 15) is 9.59 Å². The van der Waals surface area contributed by atoms with Crippen LogP contribution in [0.3, 0.4) is 0 Å². The molecule has 2 unspecified atom stereocenters. The summed E-state index contributed by atoms with van der Waals surface area (Å²) >= 11 is 0. The summed E-state index contributed by atoms with van der Waals surface area (Å²) in [6, 6.07) is 0.106. The first-order valence-electron chi connectivity index (χ1n) is 6.03. The molecule has 2 aliphatic rings. The number of nitrogens with one attached hydrogen (secondary N) is 1. The molecule has 1 amide bonds. The van der Waals surface area contributed by atoms with Gasteiger partial charge in [-0.1, -0.05) is 0 Å². The molecule has 0 heterocycles. The van der Waals surface area contributed by atoms with Crippen molar-refractivity contribution in [1.29, 1.82) is 0 Å². The van der Waals surface area contributed by atoms with E-state index in [2.05, 4.69) is 5.32 Å². The monoisotopic (exact) mass is 225 g/mol. The minimum Gasteiger partial charge on any atom is -0.446 e. The van der Waals surface area contributed by atoms with Crippen LogP contribution in [0.2, 0.25) is 0 Å². The molecule has 0 radical (unpaired) electrons. The fourth-order valence-corrected chi connectivity index (χ4v) is 2.84. The number of Topliss-reactive ketones (excluding diaryl/α,β-unsaturated/α-hetero) is 1. The molecule has 0 bridgehead atoms. The van der Waals surface area contributed by atoms with Crippen molar-refractivity contribution in [2.45, 2.75) is 51.7 Å². The van der Waals surface area contributed by atoms with Gasteiger partial charge in [-0.3, -0.25) is 4.79 Å². The second-order valence-electron chi connectivity index (χ2n) is 5.26. The van der Waals surface area contributed by atoms with Crippen molar-refractivity contribution in [3.05, 3.63) is 0 Å². The van der Waals surface area contributed by atoms with Crippen molar-refractivity contribution in [2.24, 2.45) is 11.8 Å². The molecule has 0 aromatic carbocycles. The summed E-state index contributed by atoms with van der Waals surface area (Å²) < 4.78 is 5.33. The first-order chi connectivity index (χ1) is 7.54. The van der Waals surface area contributed by atoms with Gasteiger partial charge in [0.15, 0.2) is 0 Å². The van der Waals surface area contributed by atoms with Gasteiger partial charge in [-0.25, -0.2) is 4.79 Å². The lowest BCUT2D eigenvalue weighted by atomic mass is 10.0. The van der Waals surface area contributed by atoms with E-state index in [4.69, 9.17) is 4.74 Å². The average molecular weight is 225 g/mol. The largest absolute Gasteiger partial charge is 0.446 e. The van der Waals surface area contributed by atoms with E-state index in [1.165, 1.54) is 0 Å². The molecule has 2 aliphatic carbocycles. The highest BCUT2D eigenvalue weighted by Crippen LogP contribution is 2.43. The van der Waals surface area contributed by atoms with Crippen LogP contribution >= 0.6 is 0 Å². The molecule has 16 heavy (non-hydrogen) atoms. The number of carbonyl (C=O) groups is 2. The molecule has 1 N–H and O–H groups in total. The van der Waals surface area contributed by atoms with Crippen LogP contribution in [0.1, 0.15) is 39.5 Å². The fraction of sp³-hybridized carbons (Fsp3) is 0.833. The van der Waals surface area contributed by atoms with Crippen LogP contribution < -0.4 is 5.32 Å². The zero-order valence-electron chi connectivity index (χ0n) is 9.86. The molecular weight excluding hydrogens is 206 g/mol. The number of amides is 1. The Morgan fingerprint density at radius 1 is 1.31 bits per heavy atom. The van der Waals surface area contributed by atoms with Gasteiger partial charge < -0.3 is 10.1 Å². The number of carbonyl (C=O) groups excluding carboxylic acids is 2. The van der Waals surface area contributed by atoms with Gasteiger partial charge in [0.05, 0.1) is 0 Å². The molecule has 0 aromatic heterocycles. The maximum absolute atomic E-state index is 11.4. The Kier molecular flexibility index (Phi) is 3.17. The first-order valence-corrected chi connectivity index (χ1v) is 6.03. The molecule has 2 fully saturated rings. The van der Waals surface area contributed by atoms with Crippen molar-refractivity contribution in [3.8, 4) is 0 Å². The third-order valence-electron chi connectivity index (χ3n) is 3.46. The van der Waals surface area contributed by atoms with Crippen molar-refractivity contribution >= 4 is 11.9 Å². The lowest BCUT2D eigenvalue weighted by Crippen LogP contribution is -2.33. The predicted molar refractivity (Wildman–Crippen MR) is 59.0 cm³/mol. The fourth-order valence-electron chi connectivity index (χ4n) is 2.84. The number of ether oxygens (including phenoxy) is 1. The van der Waals surface area contributed by atoms with Crippen molar-refractivity contribution in [1.82, 2.24) is 5.32 Å². The van der Waals surface area contributed by atoms with Crippen LogP contribution in [-0.2, 0) is 9.53 Å². The number of rotatable bonds is 2. The molecule has 0 spiro atoms.